The number of benzene rings is 1. The van der Waals surface area contributed by atoms with Crippen LogP contribution in [0.2, 0.25) is 0 Å². The van der Waals surface area contributed by atoms with Gasteiger partial charge in [-0.3, -0.25) is 4.79 Å². The molecule has 1 amide bonds. The van der Waals surface area contributed by atoms with Crippen LogP contribution in [0.3, 0.4) is 0 Å². The number of nitrogens with zero attached hydrogens (tertiary/aromatic N) is 3. The van der Waals surface area contributed by atoms with E-state index in [0.29, 0.717) is 5.82 Å². The van der Waals surface area contributed by atoms with E-state index in [4.69, 9.17) is 5.73 Å². The number of carbonyl (C=O) groups excluding carboxylic acids is 1. The summed E-state index contributed by atoms with van der Waals surface area (Å²) in [5.41, 5.74) is 7.85. The number of aromatic nitrogens is 2. The van der Waals surface area contributed by atoms with Crippen molar-refractivity contribution >= 4 is 33.3 Å². The Morgan fingerprint density at radius 2 is 2.08 bits per heavy atom. The Labute approximate surface area is 144 Å². The molecule has 24 heavy (non-hydrogen) atoms. The molecule has 1 aliphatic heterocycles. The molecule has 0 saturated carbocycles. The number of thiophene rings is 1. The van der Waals surface area contributed by atoms with E-state index in [-0.39, 0.29) is 11.9 Å². The van der Waals surface area contributed by atoms with Crippen molar-refractivity contribution in [1.29, 1.82) is 0 Å². The highest BCUT2D eigenvalue weighted by molar-refractivity contribution is 7.17. The monoisotopic (exact) mass is 338 g/mol. The third-order valence-corrected chi connectivity index (χ3v) is 5.34. The Hall–Kier alpha value is -2.47. The summed E-state index contributed by atoms with van der Waals surface area (Å²) >= 11 is 1.61. The Bertz CT molecular complexity index is 906. The molecular weight excluding hydrogens is 320 g/mol. The summed E-state index contributed by atoms with van der Waals surface area (Å²) in [6.07, 6.45) is 1.73. The van der Waals surface area contributed by atoms with Crippen LogP contribution < -0.4 is 10.6 Å². The van der Waals surface area contributed by atoms with Gasteiger partial charge in [-0.05, 0) is 25.3 Å². The number of fused-ring (bicyclic) bond motifs is 1. The molecule has 0 aliphatic carbocycles. The van der Waals surface area contributed by atoms with Crippen LogP contribution in [0.25, 0.3) is 21.3 Å². The highest BCUT2D eigenvalue weighted by Crippen LogP contribution is 2.40. The van der Waals surface area contributed by atoms with Gasteiger partial charge in [-0.25, -0.2) is 9.97 Å². The summed E-state index contributed by atoms with van der Waals surface area (Å²) in [5.74, 6) is 1.27. The van der Waals surface area contributed by atoms with Crippen molar-refractivity contribution in [2.24, 2.45) is 5.73 Å². The molecule has 1 saturated heterocycles. The summed E-state index contributed by atoms with van der Waals surface area (Å²) in [5, 5.41) is 3.14. The smallest absolute Gasteiger partial charge is 0.240 e. The van der Waals surface area contributed by atoms with Crippen LogP contribution in [0.15, 0.2) is 35.7 Å². The second-order valence-corrected chi connectivity index (χ2v) is 6.90. The van der Waals surface area contributed by atoms with Gasteiger partial charge in [0, 0.05) is 17.5 Å². The molecule has 3 heterocycles. The molecule has 122 valence electrons. The quantitative estimate of drug-likeness (QED) is 0.796. The highest BCUT2D eigenvalue weighted by atomic mass is 32.1. The number of hydrogen-bond acceptors (Lipinski definition) is 5. The van der Waals surface area contributed by atoms with Gasteiger partial charge in [0.15, 0.2) is 0 Å². The van der Waals surface area contributed by atoms with Gasteiger partial charge in [0.05, 0.1) is 5.39 Å². The van der Waals surface area contributed by atoms with Gasteiger partial charge >= 0.3 is 0 Å². The van der Waals surface area contributed by atoms with Crippen LogP contribution in [0.4, 0.5) is 5.82 Å². The van der Waals surface area contributed by atoms with Crippen LogP contribution in [0.5, 0.6) is 0 Å². The van der Waals surface area contributed by atoms with E-state index in [9.17, 15) is 4.79 Å². The van der Waals surface area contributed by atoms with Crippen LogP contribution in [0, 0.1) is 6.92 Å². The fourth-order valence-electron chi connectivity index (χ4n) is 3.38. The van der Waals surface area contributed by atoms with Crippen molar-refractivity contribution in [2.75, 3.05) is 11.4 Å². The predicted molar refractivity (Wildman–Crippen MR) is 97.2 cm³/mol. The second-order valence-electron chi connectivity index (χ2n) is 6.04. The molecule has 1 atom stereocenters. The molecule has 2 N–H and O–H groups in total. The van der Waals surface area contributed by atoms with Crippen LogP contribution in [0.1, 0.15) is 18.7 Å². The summed E-state index contributed by atoms with van der Waals surface area (Å²) in [6, 6.07) is 9.93. The fraction of sp³-hybridized carbons (Fsp3) is 0.278. The minimum absolute atomic E-state index is 0.284. The zero-order valence-electron chi connectivity index (χ0n) is 13.4. The van der Waals surface area contributed by atoms with Crippen LogP contribution in [-0.4, -0.2) is 28.5 Å². The average Bonchev–Trinajstić information content (AvgIpc) is 3.21. The van der Waals surface area contributed by atoms with Gasteiger partial charge in [-0.1, -0.05) is 30.3 Å². The lowest BCUT2D eigenvalue weighted by molar-refractivity contribution is -0.119. The first-order valence-corrected chi connectivity index (χ1v) is 8.90. The molecule has 1 aromatic carbocycles. The number of rotatable bonds is 3. The van der Waals surface area contributed by atoms with E-state index < -0.39 is 0 Å². The first-order valence-electron chi connectivity index (χ1n) is 8.02. The maximum Gasteiger partial charge on any atom is 0.240 e. The third kappa shape index (κ3) is 2.43. The van der Waals surface area contributed by atoms with Crippen LogP contribution >= 0.6 is 11.3 Å². The van der Waals surface area contributed by atoms with Crippen molar-refractivity contribution in [1.82, 2.24) is 9.97 Å². The minimum Gasteiger partial charge on any atom is -0.368 e. The van der Waals surface area contributed by atoms with E-state index in [1.165, 1.54) is 0 Å². The Balaban J connectivity index is 1.94. The first kappa shape index (κ1) is 15.1. The lowest BCUT2D eigenvalue weighted by Crippen LogP contribution is -2.41. The summed E-state index contributed by atoms with van der Waals surface area (Å²) in [7, 11) is 0. The Kier molecular flexibility index (Phi) is 3.69. The molecular formula is C18H18N4OS. The summed E-state index contributed by atoms with van der Waals surface area (Å²) in [6.45, 7) is 2.68. The van der Waals surface area contributed by atoms with E-state index in [1.807, 2.05) is 25.1 Å². The predicted octanol–water partition coefficient (Wildman–Crippen LogP) is 3.12. The summed E-state index contributed by atoms with van der Waals surface area (Å²) < 4.78 is 0. The molecule has 0 bridgehead atoms. The zero-order valence-corrected chi connectivity index (χ0v) is 14.2. The maximum atomic E-state index is 11.8. The zero-order chi connectivity index (χ0) is 16.7. The van der Waals surface area contributed by atoms with Crippen molar-refractivity contribution in [3.05, 3.63) is 41.5 Å². The van der Waals surface area contributed by atoms with Gasteiger partial charge in [0.1, 0.15) is 22.5 Å². The maximum absolute atomic E-state index is 11.8. The topological polar surface area (TPSA) is 72.1 Å². The molecule has 1 aliphatic rings. The highest BCUT2D eigenvalue weighted by Gasteiger charge is 2.32. The second kappa shape index (κ2) is 5.87. The minimum atomic E-state index is -0.286. The van der Waals surface area contributed by atoms with E-state index in [1.54, 1.807) is 11.3 Å². The molecule has 1 fully saturated rings. The SMILES string of the molecule is Cc1nc(N2CCC[C@H]2C(N)=O)c2c(-c3ccccc3)csc2n1. The number of anilines is 1. The van der Waals surface area contributed by atoms with Crippen molar-refractivity contribution in [3.8, 4) is 11.1 Å². The van der Waals surface area contributed by atoms with Gasteiger partial charge in [0.25, 0.3) is 0 Å². The Morgan fingerprint density at radius 1 is 1.29 bits per heavy atom. The number of amides is 1. The number of nitrogens with two attached hydrogens (primary N) is 1. The molecule has 0 radical (unpaired) electrons. The van der Waals surface area contributed by atoms with Crippen molar-refractivity contribution in [2.45, 2.75) is 25.8 Å². The largest absolute Gasteiger partial charge is 0.368 e. The van der Waals surface area contributed by atoms with E-state index >= 15 is 0 Å². The number of hydrogen-bond donors (Lipinski definition) is 1. The van der Waals surface area contributed by atoms with Crippen molar-refractivity contribution in [3.63, 3.8) is 0 Å². The molecule has 0 unspecified atom stereocenters. The van der Waals surface area contributed by atoms with Gasteiger partial charge in [0.2, 0.25) is 5.91 Å². The number of carbonyl (C=O) groups is 1. The molecule has 5 nitrogen and oxygen atoms in total. The normalized spacial score (nSPS) is 17.5. The molecule has 6 heteroatoms. The lowest BCUT2D eigenvalue weighted by atomic mass is 10.1. The molecule has 4 rings (SSSR count). The lowest BCUT2D eigenvalue weighted by Gasteiger charge is -2.24. The van der Waals surface area contributed by atoms with Gasteiger partial charge in [-0.15, -0.1) is 11.3 Å². The van der Waals surface area contributed by atoms with Crippen molar-refractivity contribution < 1.29 is 4.79 Å². The van der Waals surface area contributed by atoms with Gasteiger partial charge in [-0.2, -0.15) is 0 Å². The van der Waals surface area contributed by atoms with Gasteiger partial charge < -0.3 is 10.6 Å². The Morgan fingerprint density at radius 3 is 2.83 bits per heavy atom. The van der Waals surface area contributed by atoms with E-state index in [0.717, 1.165) is 46.5 Å². The fourth-order valence-corrected chi connectivity index (χ4v) is 4.37. The van der Waals surface area contributed by atoms with E-state index in [2.05, 4.69) is 32.4 Å². The van der Waals surface area contributed by atoms with Crippen LogP contribution in [-0.2, 0) is 4.79 Å². The average molecular weight is 338 g/mol. The summed E-state index contributed by atoms with van der Waals surface area (Å²) in [4.78, 5) is 24.1. The molecule has 2 aromatic heterocycles. The number of aryl methyl sites for hydroxylation is 1. The standard InChI is InChI=1S/C18H18N4OS/c1-11-20-17(22-9-5-8-14(22)16(19)23)15-13(10-24-18(15)21-11)12-6-3-2-4-7-12/h2-4,6-7,10,14H,5,8-9H2,1H3,(H2,19,23)/t14-/m0/s1. The molecule has 0 spiro atoms. The first-order chi connectivity index (χ1) is 11.6. The number of primary amides is 1. The third-order valence-electron chi connectivity index (χ3n) is 4.46. The molecule has 3 aromatic rings.